The molecule has 20 heavy (non-hydrogen) atoms. The predicted molar refractivity (Wildman–Crippen MR) is 79.7 cm³/mol. The molecular weight excluding hydrogens is 254 g/mol. The molecule has 0 fully saturated rings. The van der Waals surface area contributed by atoms with Crippen LogP contribution in [0.4, 0.5) is 0 Å². The molecule has 0 aliphatic rings. The average molecular weight is 279 g/mol. The first kappa shape index (κ1) is 16.7. The number of aliphatic hydroxyl groups excluding tert-OH is 1. The summed E-state index contributed by atoms with van der Waals surface area (Å²) in [5.41, 5.74) is 1.71. The fourth-order valence-electron chi connectivity index (χ4n) is 2.12. The Morgan fingerprint density at radius 2 is 1.90 bits per heavy atom. The molecule has 4 nitrogen and oxygen atoms in total. The quantitative estimate of drug-likeness (QED) is 0.557. The van der Waals surface area contributed by atoms with Crippen LogP contribution in [0.2, 0.25) is 0 Å². The lowest BCUT2D eigenvalue weighted by Crippen LogP contribution is -2.27. The first-order valence-electron chi connectivity index (χ1n) is 7.21. The zero-order valence-electron chi connectivity index (χ0n) is 12.5. The molecule has 4 heteroatoms. The maximum Gasteiger partial charge on any atom is 0.337 e. The highest BCUT2D eigenvalue weighted by Gasteiger charge is 2.07. The minimum atomic E-state index is -0.313. The topological polar surface area (TPSA) is 49.8 Å². The number of benzene rings is 1. The minimum Gasteiger partial charge on any atom is -0.465 e. The molecule has 0 amide bonds. The van der Waals surface area contributed by atoms with Crippen LogP contribution in [0.25, 0.3) is 0 Å². The Labute approximate surface area is 121 Å². The highest BCUT2D eigenvalue weighted by atomic mass is 16.5. The van der Waals surface area contributed by atoms with Gasteiger partial charge >= 0.3 is 5.97 Å². The van der Waals surface area contributed by atoms with Gasteiger partial charge in [0.05, 0.1) is 19.3 Å². The van der Waals surface area contributed by atoms with Gasteiger partial charge in [-0.3, -0.25) is 4.90 Å². The van der Waals surface area contributed by atoms with E-state index in [0.29, 0.717) is 12.1 Å². The van der Waals surface area contributed by atoms with Crippen LogP contribution in [0.1, 0.15) is 42.1 Å². The van der Waals surface area contributed by atoms with Crippen LogP contribution in [0.3, 0.4) is 0 Å². The lowest BCUT2D eigenvalue weighted by atomic mass is 10.1. The molecule has 0 heterocycles. The van der Waals surface area contributed by atoms with Crippen LogP contribution < -0.4 is 0 Å². The van der Waals surface area contributed by atoms with E-state index in [4.69, 9.17) is 5.11 Å². The summed E-state index contributed by atoms with van der Waals surface area (Å²) in [6, 6.07) is 7.45. The van der Waals surface area contributed by atoms with Gasteiger partial charge in [0.15, 0.2) is 0 Å². The smallest absolute Gasteiger partial charge is 0.337 e. The molecule has 1 aromatic rings. The summed E-state index contributed by atoms with van der Waals surface area (Å²) in [5.74, 6) is -0.313. The monoisotopic (exact) mass is 279 g/mol. The number of methoxy groups -OCH3 is 1. The number of hydrogen-bond acceptors (Lipinski definition) is 4. The van der Waals surface area contributed by atoms with Crippen molar-refractivity contribution < 1.29 is 14.6 Å². The normalized spacial score (nSPS) is 10.8. The molecule has 0 radical (unpaired) electrons. The van der Waals surface area contributed by atoms with E-state index in [1.165, 1.54) is 20.0 Å². The number of unbranched alkanes of at least 4 members (excludes halogenated alkanes) is 2. The van der Waals surface area contributed by atoms with Crippen LogP contribution in [0, 0.1) is 0 Å². The first-order valence-corrected chi connectivity index (χ1v) is 7.21. The van der Waals surface area contributed by atoms with Crippen LogP contribution in [-0.4, -0.2) is 42.8 Å². The Morgan fingerprint density at radius 1 is 1.20 bits per heavy atom. The summed E-state index contributed by atoms with van der Waals surface area (Å²) in [7, 11) is 1.38. The van der Waals surface area contributed by atoms with E-state index in [1.807, 2.05) is 12.1 Å². The molecule has 0 bridgehead atoms. The van der Waals surface area contributed by atoms with Crippen molar-refractivity contribution in [2.45, 2.75) is 32.7 Å². The summed E-state index contributed by atoms with van der Waals surface area (Å²) < 4.78 is 4.68. The number of aliphatic hydroxyl groups is 1. The van der Waals surface area contributed by atoms with Crippen molar-refractivity contribution in [3.8, 4) is 0 Å². The second-order valence-electron chi connectivity index (χ2n) is 4.90. The third-order valence-corrected chi connectivity index (χ3v) is 3.28. The average Bonchev–Trinajstić information content (AvgIpc) is 2.47. The molecule has 1 rings (SSSR count). The molecule has 0 spiro atoms. The summed E-state index contributed by atoms with van der Waals surface area (Å²) in [6.07, 6.45) is 3.56. The van der Waals surface area contributed by atoms with E-state index in [-0.39, 0.29) is 12.6 Å². The number of hydrogen-bond donors (Lipinski definition) is 1. The second-order valence-corrected chi connectivity index (χ2v) is 4.90. The molecule has 0 atom stereocenters. The Hall–Kier alpha value is -1.39. The van der Waals surface area contributed by atoms with Gasteiger partial charge < -0.3 is 9.84 Å². The molecule has 112 valence electrons. The number of nitrogens with zero attached hydrogens (tertiary/aromatic N) is 1. The third-order valence-electron chi connectivity index (χ3n) is 3.28. The molecule has 0 aliphatic carbocycles. The number of carbonyl (C=O) groups excluding carboxylic acids is 1. The van der Waals surface area contributed by atoms with Crippen molar-refractivity contribution in [3.63, 3.8) is 0 Å². The van der Waals surface area contributed by atoms with Gasteiger partial charge in [0, 0.05) is 13.1 Å². The number of carbonyl (C=O) groups is 1. The van der Waals surface area contributed by atoms with E-state index in [2.05, 4.69) is 16.6 Å². The Kier molecular flexibility index (Phi) is 7.92. The van der Waals surface area contributed by atoms with E-state index in [0.717, 1.165) is 25.1 Å². The van der Waals surface area contributed by atoms with Crippen molar-refractivity contribution in [2.24, 2.45) is 0 Å². The standard InChI is InChI=1S/C16H25NO3/c1-3-4-5-10-17(11-12-18)13-14-6-8-15(9-7-14)16(19)20-2/h6-9,18H,3-5,10-13H2,1-2H3. The van der Waals surface area contributed by atoms with Gasteiger partial charge in [-0.25, -0.2) is 4.79 Å². The van der Waals surface area contributed by atoms with E-state index >= 15 is 0 Å². The largest absolute Gasteiger partial charge is 0.465 e. The number of ether oxygens (including phenoxy) is 1. The number of esters is 1. The van der Waals surface area contributed by atoms with Crippen molar-refractivity contribution in [1.29, 1.82) is 0 Å². The van der Waals surface area contributed by atoms with Gasteiger partial charge in [0.2, 0.25) is 0 Å². The van der Waals surface area contributed by atoms with E-state index < -0.39 is 0 Å². The lowest BCUT2D eigenvalue weighted by Gasteiger charge is -2.21. The van der Waals surface area contributed by atoms with Gasteiger partial charge in [0.25, 0.3) is 0 Å². The Bertz CT molecular complexity index is 389. The Balaban J connectivity index is 2.56. The van der Waals surface area contributed by atoms with Crippen LogP contribution in [0.5, 0.6) is 0 Å². The molecule has 0 aromatic heterocycles. The highest BCUT2D eigenvalue weighted by molar-refractivity contribution is 5.89. The number of rotatable bonds is 9. The van der Waals surface area contributed by atoms with Crippen LogP contribution >= 0.6 is 0 Å². The summed E-state index contributed by atoms with van der Waals surface area (Å²) in [5, 5.41) is 9.12. The zero-order valence-corrected chi connectivity index (χ0v) is 12.5. The lowest BCUT2D eigenvalue weighted by molar-refractivity contribution is 0.0600. The molecular formula is C16H25NO3. The van der Waals surface area contributed by atoms with Crippen molar-refractivity contribution >= 4 is 5.97 Å². The van der Waals surface area contributed by atoms with E-state index in [1.54, 1.807) is 12.1 Å². The minimum absolute atomic E-state index is 0.173. The fraction of sp³-hybridized carbons (Fsp3) is 0.562. The van der Waals surface area contributed by atoms with Crippen molar-refractivity contribution in [2.75, 3.05) is 26.8 Å². The summed E-state index contributed by atoms with van der Waals surface area (Å²) in [6.45, 7) is 4.83. The highest BCUT2D eigenvalue weighted by Crippen LogP contribution is 2.09. The van der Waals surface area contributed by atoms with Gasteiger partial charge in [-0.1, -0.05) is 31.9 Å². The van der Waals surface area contributed by atoms with Gasteiger partial charge in [-0.05, 0) is 30.7 Å². The molecule has 0 aliphatic heterocycles. The van der Waals surface area contributed by atoms with Gasteiger partial charge in [-0.2, -0.15) is 0 Å². The molecule has 1 aromatic carbocycles. The van der Waals surface area contributed by atoms with E-state index in [9.17, 15) is 4.79 Å². The SMILES string of the molecule is CCCCCN(CCO)Cc1ccc(C(=O)OC)cc1. The fourth-order valence-corrected chi connectivity index (χ4v) is 2.12. The van der Waals surface area contributed by atoms with Gasteiger partial charge in [-0.15, -0.1) is 0 Å². The van der Waals surface area contributed by atoms with Crippen molar-refractivity contribution in [3.05, 3.63) is 35.4 Å². The molecule has 0 saturated heterocycles. The van der Waals surface area contributed by atoms with Crippen LogP contribution in [0.15, 0.2) is 24.3 Å². The zero-order chi connectivity index (χ0) is 14.8. The summed E-state index contributed by atoms with van der Waals surface area (Å²) >= 11 is 0. The summed E-state index contributed by atoms with van der Waals surface area (Å²) in [4.78, 5) is 13.6. The Morgan fingerprint density at radius 3 is 2.45 bits per heavy atom. The maximum absolute atomic E-state index is 11.4. The van der Waals surface area contributed by atoms with Gasteiger partial charge in [0.1, 0.15) is 0 Å². The maximum atomic E-state index is 11.4. The first-order chi connectivity index (χ1) is 9.71. The van der Waals surface area contributed by atoms with Crippen molar-refractivity contribution in [1.82, 2.24) is 4.90 Å². The predicted octanol–water partition coefficient (Wildman–Crippen LogP) is 2.46. The molecule has 0 unspecified atom stereocenters. The van der Waals surface area contributed by atoms with Crippen LogP contribution in [-0.2, 0) is 11.3 Å². The molecule has 0 saturated carbocycles. The molecule has 1 N–H and O–H groups in total. The second kappa shape index (κ2) is 9.50. The third kappa shape index (κ3) is 5.72.